The smallest absolute Gasteiger partial charge is 0.374 e. The van der Waals surface area contributed by atoms with Crippen LogP contribution in [0.4, 0.5) is 8.78 Å². The monoisotopic (exact) mass is 230 g/mol. The van der Waals surface area contributed by atoms with E-state index in [1.807, 2.05) is 0 Å². The second-order valence-corrected chi connectivity index (χ2v) is 3.89. The number of carboxylic acid groups (broad SMARTS) is 1. The van der Waals surface area contributed by atoms with Gasteiger partial charge in [-0.2, -0.15) is 8.78 Å². The number of carboxylic acids is 1. The Morgan fingerprint density at radius 2 is 2.18 bits per heavy atom. The molecule has 0 bridgehead atoms. The Hall–Kier alpha value is -0.190. The summed E-state index contributed by atoms with van der Waals surface area (Å²) >= 11 is 3.05. The Bertz CT molecular complexity index is 148. The number of rotatable bonds is 4. The van der Waals surface area contributed by atoms with Crippen LogP contribution in [0, 0.1) is 0 Å². The van der Waals surface area contributed by atoms with Crippen molar-refractivity contribution in [1.82, 2.24) is 0 Å². The van der Waals surface area contributed by atoms with Gasteiger partial charge in [-0.1, -0.05) is 22.9 Å². The molecule has 0 amide bonds. The maximum absolute atomic E-state index is 12.3. The molecule has 0 aromatic rings. The van der Waals surface area contributed by atoms with E-state index in [-0.39, 0.29) is 11.2 Å². The third-order valence-electron chi connectivity index (χ3n) is 1.17. The maximum atomic E-state index is 12.3. The van der Waals surface area contributed by atoms with Crippen LogP contribution >= 0.6 is 15.9 Å². The van der Waals surface area contributed by atoms with Crippen molar-refractivity contribution >= 4 is 21.9 Å². The molecule has 5 heteroatoms. The number of alkyl halides is 3. The maximum Gasteiger partial charge on any atom is 0.374 e. The van der Waals surface area contributed by atoms with Crippen molar-refractivity contribution < 1.29 is 18.7 Å². The largest absolute Gasteiger partial charge is 0.477 e. The Kier molecular flexibility index (Phi) is 3.92. The number of halogens is 3. The zero-order chi connectivity index (χ0) is 9.07. The molecule has 66 valence electrons. The van der Waals surface area contributed by atoms with Gasteiger partial charge >= 0.3 is 11.9 Å². The van der Waals surface area contributed by atoms with Gasteiger partial charge in [0.2, 0.25) is 0 Å². The minimum absolute atomic E-state index is 0.0762. The molecule has 0 heterocycles. The Morgan fingerprint density at radius 1 is 1.73 bits per heavy atom. The fourth-order valence-electron chi connectivity index (χ4n) is 0.487. The van der Waals surface area contributed by atoms with Gasteiger partial charge in [0, 0.05) is 11.2 Å². The van der Waals surface area contributed by atoms with E-state index in [1.54, 1.807) is 6.92 Å². The first-order valence-corrected chi connectivity index (χ1v) is 4.03. The zero-order valence-corrected chi connectivity index (χ0v) is 7.57. The average Bonchev–Trinajstić information content (AvgIpc) is 1.84. The van der Waals surface area contributed by atoms with Crippen LogP contribution in [0.1, 0.15) is 19.8 Å². The number of aliphatic carboxylic acids is 1. The third kappa shape index (κ3) is 4.29. The Labute approximate surface area is 71.7 Å². The molecule has 0 aliphatic heterocycles. The van der Waals surface area contributed by atoms with Gasteiger partial charge in [0.1, 0.15) is 0 Å². The van der Waals surface area contributed by atoms with Gasteiger partial charge in [-0.3, -0.25) is 0 Å². The molecule has 11 heavy (non-hydrogen) atoms. The first-order chi connectivity index (χ1) is 4.86. The molecule has 0 aromatic carbocycles. The van der Waals surface area contributed by atoms with E-state index < -0.39 is 18.3 Å². The second-order valence-electron chi connectivity index (χ2n) is 2.33. The van der Waals surface area contributed by atoms with Crippen LogP contribution in [-0.2, 0) is 4.79 Å². The number of hydrogen-bond donors (Lipinski definition) is 1. The molecule has 0 aromatic heterocycles. The molecule has 0 spiro atoms. The summed E-state index contributed by atoms with van der Waals surface area (Å²) < 4.78 is 24.6. The molecule has 1 N–H and O–H groups in total. The second kappa shape index (κ2) is 3.99. The van der Waals surface area contributed by atoms with Gasteiger partial charge in [-0.05, 0) is 6.42 Å². The van der Waals surface area contributed by atoms with Crippen molar-refractivity contribution in [3.63, 3.8) is 0 Å². The molecule has 0 aliphatic carbocycles. The summed E-state index contributed by atoms with van der Waals surface area (Å²) in [7, 11) is 0. The van der Waals surface area contributed by atoms with Crippen molar-refractivity contribution in [3.05, 3.63) is 0 Å². The van der Waals surface area contributed by atoms with E-state index in [4.69, 9.17) is 5.11 Å². The predicted octanol–water partition coefficient (Wildman–Crippen LogP) is 2.27. The number of carbonyl (C=O) groups is 1. The van der Waals surface area contributed by atoms with Gasteiger partial charge in [-0.25, -0.2) is 4.79 Å². The van der Waals surface area contributed by atoms with Crippen LogP contribution in [0.25, 0.3) is 0 Å². The van der Waals surface area contributed by atoms with Gasteiger partial charge in [-0.15, -0.1) is 0 Å². The lowest BCUT2D eigenvalue weighted by atomic mass is 10.1. The molecule has 0 radical (unpaired) electrons. The quantitative estimate of drug-likeness (QED) is 0.753. The first kappa shape index (κ1) is 10.8. The van der Waals surface area contributed by atoms with E-state index >= 15 is 0 Å². The molecular formula is C6H9BrF2O2. The van der Waals surface area contributed by atoms with Gasteiger partial charge in [0.25, 0.3) is 0 Å². The SMILES string of the molecule is CC(Br)CCC(F)(F)C(=O)O. The highest BCUT2D eigenvalue weighted by atomic mass is 79.9. The summed E-state index contributed by atoms with van der Waals surface area (Å²) in [6.07, 6.45) is -0.464. The standard InChI is InChI=1S/C6H9BrF2O2/c1-4(7)2-3-6(8,9)5(10)11/h4H,2-3H2,1H3,(H,10,11). The minimum atomic E-state index is -3.58. The molecule has 0 aliphatic rings. The lowest BCUT2D eigenvalue weighted by Crippen LogP contribution is -2.28. The van der Waals surface area contributed by atoms with Crippen molar-refractivity contribution in [1.29, 1.82) is 0 Å². The molecule has 0 rings (SSSR count). The molecule has 1 unspecified atom stereocenters. The summed E-state index contributed by atoms with van der Waals surface area (Å²) in [4.78, 5) is 9.79. The molecule has 0 saturated heterocycles. The summed E-state index contributed by atoms with van der Waals surface area (Å²) in [6, 6.07) is 0. The number of hydrogen-bond acceptors (Lipinski definition) is 1. The summed E-state index contributed by atoms with van der Waals surface area (Å²) in [5, 5.41) is 7.99. The fraction of sp³-hybridized carbons (Fsp3) is 0.833. The van der Waals surface area contributed by atoms with Crippen molar-refractivity contribution in [2.45, 2.75) is 30.5 Å². The first-order valence-electron chi connectivity index (χ1n) is 3.11. The van der Waals surface area contributed by atoms with Crippen LogP contribution in [0.2, 0.25) is 0 Å². The topological polar surface area (TPSA) is 37.3 Å². The van der Waals surface area contributed by atoms with Crippen LogP contribution < -0.4 is 0 Å². The minimum Gasteiger partial charge on any atom is -0.477 e. The third-order valence-corrected chi connectivity index (χ3v) is 1.63. The van der Waals surface area contributed by atoms with Gasteiger partial charge in [0.15, 0.2) is 0 Å². The summed E-state index contributed by atoms with van der Waals surface area (Å²) in [6.45, 7) is 1.69. The van der Waals surface area contributed by atoms with Gasteiger partial charge < -0.3 is 5.11 Å². The van der Waals surface area contributed by atoms with Crippen LogP contribution in [0.3, 0.4) is 0 Å². The lowest BCUT2D eigenvalue weighted by molar-refractivity contribution is -0.165. The normalized spacial score (nSPS) is 14.5. The molecule has 1 atom stereocenters. The Balaban J connectivity index is 3.83. The van der Waals surface area contributed by atoms with Crippen LogP contribution in [0.15, 0.2) is 0 Å². The highest BCUT2D eigenvalue weighted by molar-refractivity contribution is 9.09. The van der Waals surface area contributed by atoms with Gasteiger partial charge in [0.05, 0.1) is 0 Å². The summed E-state index contributed by atoms with van der Waals surface area (Å²) in [5.41, 5.74) is 0. The van der Waals surface area contributed by atoms with Crippen molar-refractivity contribution in [2.75, 3.05) is 0 Å². The van der Waals surface area contributed by atoms with E-state index in [0.29, 0.717) is 0 Å². The highest BCUT2D eigenvalue weighted by Gasteiger charge is 2.38. The highest BCUT2D eigenvalue weighted by Crippen LogP contribution is 2.23. The predicted molar refractivity (Wildman–Crippen MR) is 40.2 cm³/mol. The molecule has 0 fully saturated rings. The van der Waals surface area contributed by atoms with E-state index in [0.717, 1.165) is 0 Å². The van der Waals surface area contributed by atoms with E-state index in [2.05, 4.69) is 15.9 Å². The Morgan fingerprint density at radius 3 is 2.45 bits per heavy atom. The molecule has 2 nitrogen and oxygen atoms in total. The average molecular weight is 231 g/mol. The van der Waals surface area contributed by atoms with E-state index in [1.165, 1.54) is 0 Å². The molecular weight excluding hydrogens is 222 g/mol. The fourth-order valence-corrected chi connectivity index (χ4v) is 0.716. The van der Waals surface area contributed by atoms with Crippen molar-refractivity contribution in [2.24, 2.45) is 0 Å². The molecule has 0 saturated carbocycles. The van der Waals surface area contributed by atoms with Crippen LogP contribution in [-0.4, -0.2) is 21.8 Å². The summed E-state index contributed by atoms with van der Waals surface area (Å²) in [5.74, 6) is -5.63. The zero-order valence-electron chi connectivity index (χ0n) is 5.98. The van der Waals surface area contributed by atoms with E-state index in [9.17, 15) is 13.6 Å². The van der Waals surface area contributed by atoms with Crippen molar-refractivity contribution in [3.8, 4) is 0 Å². The van der Waals surface area contributed by atoms with Crippen LogP contribution in [0.5, 0.6) is 0 Å². The lowest BCUT2D eigenvalue weighted by Gasteiger charge is -2.10.